The number of hydrogen-bond acceptors (Lipinski definition) is 3. The Kier molecular flexibility index (Phi) is 3.71. The van der Waals surface area contributed by atoms with E-state index in [-0.39, 0.29) is 12.1 Å². The lowest BCUT2D eigenvalue weighted by atomic mass is 9.93. The Morgan fingerprint density at radius 3 is 2.61 bits per heavy atom. The summed E-state index contributed by atoms with van der Waals surface area (Å²) in [6.45, 7) is 0. The summed E-state index contributed by atoms with van der Waals surface area (Å²) in [5, 5.41) is 9.27. The minimum atomic E-state index is 0.0446. The Bertz CT molecular complexity index is 829. The van der Waals surface area contributed by atoms with Crippen molar-refractivity contribution in [2.45, 2.75) is 18.5 Å². The Hall–Kier alpha value is -2.04. The summed E-state index contributed by atoms with van der Waals surface area (Å²) in [6.07, 6.45) is 2.40. The van der Waals surface area contributed by atoms with Gasteiger partial charge in [0.05, 0.1) is 12.1 Å². The maximum Gasteiger partial charge on any atom is 0.222 e. The van der Waals surface area contributed by atoms with Gasteiger partial charge in [0.15, 0.2) is 0 Å². The molecule has 1 N–H and O–H groups in total. The third-order valence-electron chi connectivity index (χ3n) is 4.17. The highest BCUT2D eigenvalue weighted by Crippen LogP contribution is 2.39. The van der Waals surface area contributed by atoms with E-state index in [1.165, 1.54) is 5.56 Å². The fourth-order valence-electron chi connectivity index (χ4n) is 3.04. The molecule has 2 heterocycles. The summed E-state index contributed by atoms with van der Waals surface area (Å²) < 4.78 is 1.90. The Labute approximate surface area is 144 Å². The molecule has 0 unspecified atom stereocenters. The number of aromatic nitrogens is 3. The van der Waals surface area contributed by atoms with E-state index in [4.69, 9.17) is 23.2 Å². The van der Waals surface area contributed by atoms with Gasteiger partial charge in [-0.25, -0.2) is 4.68 Å². The van der Waals surface area contributed by atoms with E-state index in [9.17, 15) is 0 Å². The maximum atomic E-state index is 6.41. The largest absolute Gasteiger partial charge is 0.348 e. The molecule has 4 rings (SSSR count). The zero-order valence-electron chi connectivity index (χ0n) is 12.2. The lowest BCUT2D eigenvalue weighted by Crippen LogP contribution is -2.28. The molecule has 2 atom stereocenters. The molecule has 0 aliphatic carbocycles. The lowest BCUT2D eigenvalue weighted by molar-refractivity contribution is 0.431. The molecule has 3 aromatic rings. The summed E-state index contributed by atoms with van der Waals surface area (Å²) in [5.41, 5.74) is 2.22. The molecule has 0 radical (unpaired) electrons. The van der Waals surface area contributed by atoms with Crippen LogP contribution in [0.5, 0.6) is 0 Å². The topological polar surface area (TPSA) is 42.7 Å². The van der Waals surface area contributed by atoms with Crippen LogP contribution in [0.15, 0.2) is 54.9 Å². The zero-order valence-corrected chi connectivity index (χ0v) is 13.7. The SMILES string of the molecule is Clc1ccc([C@H]2C[C@@H](c3ccccc3Cl)n3ncnc3N2)cc1. The van der Waals surface area contributed by atoms with Gasteiger partial charge in [-0.05, 0) is 35.7 Å². The van der Waals surface area contributed by atoms with Gasteiger partial charge in [-0.15, -0.1) is 0 Å². The second kappa shape index (κ2) is 5.87. The van der Waals surface area contributed by atoms with Crippen molar-refractivity contribution in [2.75, 3.05) is 5.32 Å². The van der Waals surface area contributed by atoms with Crippen molar-refractivity contribution in [1.29, 1.82) is 0 Å². The van der Waals surface area contributed by atoms with Crippen molar-refractivity contribution in [3.05, 3.63) is 76.0 Å². The number of fused-ring (bicyclic) bond motifs is 1. The molecular weight excluding hydrogens is 331 g/mol. The van der Waals surface area contributed by atoms with E-state index >= 15 is 0 Å². The molecule has 0 fully saturated rings. The Morgan fingerprint density at radius 1 is 1.04 bits per heavy atom. The highest BCUT2D eigenvalue weighted by molar-refractivity contribution is 6.31. The van der Waals surface area contributed by atoms with Crippen LogP contribution in [0.4, 0.5) is 5.95 Å². The first-order chi connectivity index (χ1) is 11.2. The van der Waals surface area contributed by atoms with Gasteiger partial charge in [-0.2, -0.15) is 10.1 Å². The molecule has 23 heavy (non-hydrogen) atoms. The summed E-state index contributed by atoms with van der Waals surface area (Å²) >= 11 is 12.4. The fourth-order valence-corrected chi connectivity index (χ4v) is 3.43. The van der Waals surface area contributed by atoms with Crippen LogP contribution < -0.4 is 5.32 Å². The fraction of sp³-hybridized carbons (Fsp3) is 0.176. The van der Waals surface area contributed by atoms with Crippen LogP contribution in [0.2, 0.25) is 10.0 Å². The first-order valence-electron chi connectivity index (χ1n) is 7.38. The molecule has 2 aromatic carbocycles. The highest BCUT2D eigenvalue weighted by Gasteiger charge is 2.30. The van der Waals surface area contributed by atoms with Gasteiger partial charge in [-0.1, -0.05) is 53.5 Å². The number of nitrogens with one attached hydrogen (secondary N) is 1. The van der Waals surface area contributed by atoms with Crippen molar-refractivity contribution >= 4 is 29.2 Å². The van der Waals surface area contributed by atoms with Crippen molar-refractivity contribution in [2.24, 2.45) is 0 Å². The number of anilines is 1. The smallest absolute Gasteiger partial charge is 0.222 e. The average molecular weight is 345 g/mol. The van der Waals surface area contributed by atoms with Crippen LogP contribution in [0.1, 0.15) is 29.6 Å². The molecule has 0 amide bonds. The molecule has 1 aliphatic heterocycles. The molecule has 4 nitrogen and oxygen atoms in total. The van der Waals surface area contributed by atoms with Gasteiger partial charge in [0.1, 0.15) is 6.33 Å². The van der Waals surface area contributed by atoms with E-state index in [1.54, 1.807) is 6.33 Å². The third-order valence-corrected chi connectivity index (χ3v) is 4.76. The molecule has 0 spiro atoms. The number of halogens is 2. The minimum absolute atomic E-state index is 0.0446. The van der Waals surface area contributed by atoms with E-state index in [2.05, 4.69) is 15.4 Å². The number of benzene rings is 2. The van der Waals surface area contributed by atoms with Gasteiger partial charge < -0.3 is 5.32 Å². The standard InChI is InChI=1S/C17H14Cl2N4/c18-12-7-5-11(6-8-12)15-9-16(13-3-1-2-4-14(13)19)23-17(22-15)20-10-21-23/h1-8,10,15-16H,9H2,(H,20,21,22)/t15-,16+/m1/s1. The molecule has 0 saturated carbocycles. The van der Waals surface area contributed by atoms with E-state index < -0.39 is 0 Å². The van der Waals surface area contributed by atoms with Crippen molar-refractivity contribution in [3.8, 4) is 0 Å². The van der Waals surface area contributed by atoms with E-state index in [0.29, 0.717) is 0 Å². The normalized spacial score (nSPS) is 19.9. The number of rotatable bonds is 2. The summed E-state index contributed by atoms with van der Waals surface area (Å²) in [6, 6.07) is 15.9. The van der Waals surface area contributed by atoms with Crippen LogP contribution >= 0.6 is 23.2 Å². The third kappa shape index (κ3) is 2.69. The quantitative estimate of drug-likeness (QED) is 0.730. The lowest BCUT2D eigenvalue weighted by Gasteiger charge is -2.32. The summed E-state index contributed by atoms with van der Waals surface area (Å²) in [5.74, 6) is 0.751. The van der Waals surface area contributed by atoms with Gasteiger partial charge in [0, 0.05) is 10.0 Å². The highest BCUT2D eigenvalue weighted by atomic mass is 35.5. The second-order valence-corrected chi connectivity index (χ2v) is 6.39. The molecule has 116 valence electrons. The number of nitrogens with zero attached hydrogens (tertiary/aromatic N) is 3. The van der Waals surface area contributed by atoms with E-state index in [0.717, 1.165) is 28.0 Å². The van der Waals surface area contributed by atoms with Crippen molar-refractivity contribution in [1.82, 2.24) is 14.8 Å². The Balaban J connectivity index is 1.75. The minimum Gasteiger partial charge on any atom is -0.348 e. The zero-order chi connectivity index (χ0) is 15.8. The molecule has 1 aromatic heterocycles. The second-order valence-electron chi connectivity index (χ2n) is 5.55. The molecule has 0 bridgehead atoms. The van der Waals surface area contributed by atoms with Crippen LogP contribution in [-0.2, 0) is 0 Å². The predicted molar refractivity (Wildman–Crippen MR) is 92.0 cm³/mol. The average Bonchev–Trinajstić information content (AvgIpc) is 3.04. The Morgan fingerprint density at radius 2 is 1.83 bits per heavy atom. The summed E-state index contributed by atoms with van der Waals surface area (Å²) in [7, 11) is 0. The van der Waals surface area contributed by atoms with Crippen LogP contribution in [0, 0.1) is 0 Å². The van der Waals surface area contributed by atoms with Crippen LogP contribution in [-0.4, -0.2) is 14.8 Å². The van der Waals surface area contributed by atoms with Gasteiger partial charge >= 0.3 is 0 Å². The van der Waals surface area contributed by atoms with Gasteiger partial charge in [0.2, 0.25) is 5.95 Å². The molecular formula is C17H14Cl2N4. The molecule has 0 saturated heterocycles. The maximum absolute atomic E-state index is 6.41. The van der Waals surface area contributed by atoms with Crippen molar-refractivity contribution in [3.63, 3.8) is 0 Å². The first-order valence-corrected chi connectivity index (χ1v) is 8.14. The monoisotopic (exact) mass is 344 g/mol. The predicted octanol–water partition coefficient (Wildman–Crippen LogP) is 4.73. The molecule has 1 aliphatic rings. The van der Waals surface area contributed by atoms with E-state index in [1.807, 2.05) is 53.2 Å². The number of hydrogen-bond donors (Lipinski definition) is 1. The van der Waals surface area contributed by atoms with Crippen molar-refractivity contribution < 1.29 is 0 Å². The van der Waals surface area contributed by atoms with Crippen LogP contribution in [0.3, 0.4) is 0 Å². The molecule has 6 heteroatoms. The van der Waals surface area contributed by atoms with Crippen LogP contribution in [0.25, 0.3) is 0 Å². The van der Waals surface area contributed by atoms with Gasteiger partial charge in [0.25, 0.3) is 0 Å². The first kappa shape index (κ1) is 14.5. The summed E-state index contributed by atoms with van der Waals surface area (Å²) in [4.78, 5) is 4.33. The van der Waals surface area contributed by atoms with Gasteiger partial charge in [-0.3, -0.25) is 0 Å².